The number of allylic oxidation sites excluding steroid dienone is 6. The van der Waals surface area contributed by atoms with E-state index in [2.05, 4.69) is 68.4 Å². The molecule has 1 aliphatic rings. The molecule has 2 aromatic carbocycles. The van der Waals surface area contributed by atoms with Gasteiger partial charge in [0.1, 0.15) is 5.70 Å². The van der Waals surface area contributed by atoms with Crippen molar-refractivity contribution in [2.24, 2.45) is 10.6 Å². The zero-order chi connectivity index (χ0) is 23.8. The first-order chi connectivity index (χ1) is 15.8. The van der Waals surface area contributed by atoms with Gasteiger partial charge in [-0.25, -0.2) is 4.79 Å². The van der Waals surface area contributed by atoms with Gasteiger partial charge in [0, 0.05) is 0 Å². The molecule has 1 N–H and O–H groups in total. The van der Waals surface area contributed by atoms with Crippen LogP contribution in [-0.4, -0.2) is 11.1 Å². The number of carboxylic acid groups (broad SMARTS) is 1. The third-order valence-electron chi connectivity index (χ3n) is 5.96. The molecular formula is C29H31NO3. The monoisotopic (exact) mass is 441 g/mol. The highest BCUT2D eigenvalue weighted by Gasteiger charge is 2.17. The highest BCUT2D eigenvalue weighted by Crippen LogP contribution is 2.32. The maximum Gasteiger partial charge on any atom is 0.335 e. The summed E-state index contributed by atoms with van der Waals surface area (Å²) in [7, 11) is 0. The summed E-state index contributed by atoms with van der Waals surface area (Å²) in [6, 6.07) is 15.3. The van der Waals surface area contributed by atoms with E-state index in [9.17, 15) is 9.70 Å². The molecule has 0 bridgehead atoms. The zero-order valence-electron chi connectivity index (χ0n) is 19.5. The van der Waals surface area contributed by atoms with E-state index in [4.69, 9.17) is 5.11 Å². The summed E-state index contributed by atoms with van der Waals surface area (Å²) in [4.78, 5) is 22.8. The Hall–Kier alpha value is -3.53. The third kappa shape index (κ3) is 6.98. The van der Waals surface area contributed by atoms with Crippen LogP contribution in [0.4, 0.5) is 0 Å². The molecule has 0 heterocycles. The van der Waals surface area contributed by atoms with Crippen LogP contribution in [0.5, 0.6) is 0 Å². The molecule has 0 fully saturated rings. The second kappa shape index (κ2) is 10.9. The Kier molecular flexibility index (Phi) is 7.94. The minimum absolute atomic E-state index is 0.0486. The number of rotatable bonds is 6. The second-order valence-corrected chi connectivity index (χ2v) is 9.32. The Morgan fingerprint density at radius 2 is 1.70 bits per heavy atom. The summed E-state index contributed by atoms with van der Waals surface area (Å²) in [5.41, 5.74) is 6.20. The molecule has 0 saturated carbocycles. The molecule has 4 heteroatoms. The van der Waals surface area contributed by atoms with Gasteiger partial charge in [-0.15, -0.1) is 4.91 Å². The molecule has 2 aromatic rings. The first-order valence-electron chi connectivity index (χ1n) is 11.3. The van der Waals surface area contributed by atoms with Crippen molar-refractivity contribution in [3.05, 3.63) is 117 Å². The van der Waals surface area contributed by atoms with Crippen LogP contribution in [0, 0.1) is 17.2 Å². The van der Waals surface area contributed by atoms with Crippen LogP contribution in [0.15, 0.2) is 95.4 Å². The molecule has 0 amide bonds. The maximum atomic E-state index is 11.7. The number of carbonyl (C=O) groups is 1. The topological polar surface area (TPSA) is 66.7 Å². The summed E-state index contributed by atoms with van der Waals surface area (Å²) in [5.74, 6) is -0.953. The summed E-state index contributed by atoms with van der Waals surface area (Å²) >= 11 is 0. The predicted octanol–water partition coefficient (Wildman–Crippen LogP) is 7.66. The summed E-state index contributed by atoms with van der Waals surface area (Å²) in [5, 5.41) is 12.4. The van der Waals surface area contributed by atoms with E-state index in [0.29, 0.717) is 12.1 Å². The third-order valence-corrected chi connectivity index (χ3v) is 5.96. The predicted molar refractivity (Wildman–Crippen MR) is 135 cm³/mol. The maximum absolute atomic E-state index is 11.7. The molecule has 0 atom stereocenters. The Labute approximate surface area is 196 Å². The minimum atomic E-state index is -0.953. The lowest BCUT2D eigenvalue weighted by atomic mass is 9.82. The number of hydrogen-bond acceptors (Lipinski definition) is 3. The van der Waals surface area contributed by atoms with Crippen molar-refractivity contribution < 1.29 is 9.90 Å². The smallest absolute Gasteiger partial charge is 0.335 e. The number of nitroso groups, excluding NO2 is 1. The lowest BCUT2D eigenvalue weighted by molar-refractivity contribution is 0.0697. The Morgan fingerprint density at radius 3 is 2.33 bits per heavy atom. The van der Waals surface area contributed by atoms with E-state index in [-0.39, 0.29) is 11.0 Å². The van der Waals surface area contributed by atoms with E-state index in [1.54, 1.807) is 24.3 Å². The second-order valence-electron chi connectivity index (χ2n) is 9.32. The van der Waals surface area contributed by atoms with Crippen LogP contribution in [0.1, 0.15) is 60.2 Å². The fourth-order valence-electron chi connectivity index (χ4n) is 3.73. The van der Waals surface area contributed by atoms with E-state index in [0.717, 1.165) is 30.4 Å². The van der Waals surface area contributed by atoms with Crippen molar-refractivity contribution in [2.75, 3.05) is 0 Å². The van der Waals surface area contributed by atoms with E-state index >= 15 is 0 Å². The standard InChI is InChI=1S/C29H31NO3/c1-21-7-12-24(13-8-21)23-5-4-6-25(18-20-29(2,3)19-17-23)27(30-33)16-11-22-9-14-26(15-10-22)28(31)32/h4,6-10,12-18H,5,11,19-20H2,1-3H3,(H,31,32). The highest BCUT2D eigenvalue weighted by atomic mass is 16.4. The number of nitrogens with zero attached hydrogens (tertiary/aromatic N) is 1. The van der Waals surface area contributed by atoms with Gasteiger partial charge in [0.05, 0.1) is 5.56 Å². The van der Waals surface area contributed by atoms with Crippen molar-refractivity contribution in [1.82, 2.24) is 0 Å². The summed E-state index contributed by atoms with van der Waals surface area (Å²) in [6.07, 6.45) is 13.4. The molecule has 3 rings (SSSR count). The molecule has 0 radical (unpaired) electrons. The number of benzene rings is 2. The van der Waals surface area contributed by atoms with Crippen molar-refractivity contribution in [1.29, 1.82) is 0 Å². The number of carboxylic acids is 1. The van der Waals surface area contributed by atoms with Gasteiger partial charge >= 0.3 is 5.97 Å². The van der Waals surface area contributed by atoms with Crippen molar-refractivity contribution in [2.45, 2.75) is 46.5 Å². The van der Waals surface area contributed by atoms with Crippen molar-refractivity contribution in [3.8, 4) is 0 Å². The van der Waals surface area contributed by atoms with Crippen LogP contribution in [0.3, 0.4) is 0 Å². The molecule has 0 spiro atoms. The molecule has 33 heavy (non-hydrogen) atoms. The fourth-order valence-corrected chi connectivity index (χ4v) is 3.73. The van der Waals surface area contributed by atoms with Gasteiger partial charge in [0.15, 0.2) is 0 Å². The highest BCUT2D eigenvalue weighted by molar-refractivity contribution is 5.87. The lowest BCUT2D eigenvalue weighted by Gasteiger charge is -2.23. The van der Waals surface area contributed by atoms with Gasteiger partial charge in [-0.3, -0.25) is 0 Å². The molecule has 4 nitrogen and oxygen atoms in total. The Morgan fingerprint density at radius 1 is 1.03 bits per heavy atom. The summed E-state index contributed by atoms with van der Waals surface area (Å²) in [6.45, 7) is 6.56. The molecule has 170 valence electrons. The van der Waals surface area contributed by atoms with Gasteiger partial charge in [0.25, 0.3) is 0 Å². The molecule has 0 unspecified atom stereocenters. The van der Waals surface area contributed by atoms with Crippen LogP contribution in [0.25, 0.3) is 5.57 Å². The molecule has 0 aromatic heterocycles. The molecule has 0 saturated heterocycles. The molecular weight excluding hydrogens is 410 g/mol. The van der Waals surface area contributed by atoms with Crippen molar-refractivity contribution >= 4 is 11.5 Å². The first kappa shape index (κ1) is 24.1. The zero-order valence-corrected chi connectivity index (χ0v) is 19.5. The Balaban J connectivity index is 1.84. The van der Waals surface area contributed by atoms with Crippen LogP contribution >= 0.6 is 0 Å². The molecule has 1 aliphatic carbocycles. The average Bonchev–Trinajstić information content (AvgIpc) is 2.80. The quantitative estimate of drug-likeness (QED) is 0.468. The van der Waals surface area contributed by atoms with Gasteiger partial charge in [0.2, 0.25) is 0 Å². The fraction of sp³-hybridized carbons (Fsp3) is 0.276. The average molecular weight is 442 g/mol. The van der Waals surface area contributed by atoms with Crippen LogP contribution in [0.2, 0.25) is 0 Å². The largest absolute Gasteiger partial charge is 0.478 e. The van der Waals surface area contributed by atoms with Gasteiger partial charge in [-0.1, -0.05) is 86.2 Å². The van der Waals surface area contributed by atoms with Crippen molar-refractivity contribution in [3.63, 3.8) is 0 Å². The van der Waals surface area contributed by atoms with Gasteiger partial charge < -0.3 is 5.11 Å². The molecule has 0 aliphatic heterocycles. The van der Waals surface area contributed by atoms with E-state index < -0.39 is 5.97 Å². The SMILES string of the molecule is Cc1ccc(C2=CCC(C)(C)CC=C(C(=CCc3ccc(C(=O)O)cc3)N=O)C=CC2)cc1. The number of hydrogen-bond donors (Lipinski definition) is 1. The normalized spacial score (nSPS) is 16.5. The summed E-state index contributed by atoms with van der Waals surface area (Å²) < 4.78 is 0. The lowest BCUT2D eigenvalue weighted by Crippen LogP contribution is -2.09. The number of aryl methyl sites for hydroxylation is 1. The van der Waals surface area contributed by atoms with Gasteiger partial charge in [-0.05, 0) is 77.6 Å². The minimum Gasteiger partial charge on any atom is -0.478 e. The first-order valence-corrected chi connectivity index (χ1v) is 11.3. The van der Waals surface area contributed by atoms with Crippen LogP contribution in [-0.2, 0) is 6.42 Å². The van der Waals surface area contributed by atoms with E-state index in [1.165, 1.54) is 16.7 Å². The Bertz CT molecular complexity index is 1110. The van der Waals surface area contributed by atoms with E-state index in [1.807, 2.05) is 12.2 Å². The number of aromatic carboxylic acids is 1. The van der Waals surface area contributed by atoms with Crippen LogP contribution < -0.4 is 0 Å². The van der Waals surface area contributed by atoms with Gasteiger partial charge in [-0.2, -0.15) is 0 Å².